The summed E-state index contributed by atoms with van der Waals surface area (Å²) in [5.41, 5.74) is 0.779. The van der Waals surface area contributed by atoms with Crippen molar-refractivity contribution in [3.05, 3.63) is 81.5 Å². The van der Waals surface area contributed by atoms with E-state index in [9.17, 15) is 9.59 Å². The molecule has 3 nitrogen and oxygen atoms in total. The molecule has 0 radical (unpaired) electrons. The molecule has 0 unspecified atom stereocenters. The summed E-state index contributed by atoms with van der Waals surface area (Å²) in [7, 11) is 3.49. The van der Waals surface area contributed by atoms with Gasteiger partial charge < -0.3 is 4.90 Å². The number of rotatable bonds is 5. The number of allylic oxidation sites excluding steroid dienone is 1. The molecule has 0 amide bonds. The fourth-order valence-corrected chi connectivity index (χ4v) is 2.43. The van der Waals surface area contributed by atoms with E-state index in [4.69, 9.17) is 23.2 Å². The van der Waals surface area contributed by atoms with Crippen molar-refractivity contribution in [1.82, 2.24) is 4.90 Å². The van der Waals surface area contributed by atoms with Crippen molar-refractivity contribution in [1.29, 1.82) is 0 Å². The number of carbonyl (C=O) groups is 2. The molecule has 0 saturated carbocycles. The average Bonchev–Trinajstić information content (AvgIpc) is 2.51. The Morgan fingerprint density at radius 3 is 1.65 bits per heavy atom. The molecule has 0 fully saturated rings. The molecule has 2 aromatic carbocycles. The number of nitrogens with zero attached hydrogens (tertiary/aromatic N) is 1. The van der Waals surface area contributed by atoms with E-state index in [-0.39, 0.29) is 17.1 Å². The van der Waals surface area contributed by atoms with Crippen LogP contribution in [0.3, 0.4) is 0 Å². The molecule has 0 heterocycles. The monoisotopic (exact) mass is 347 g/mol. The first-order valence-electron chi connectivity index (χ1n) is 6.87. The Balaban J connectivity index is 2.46. The number of ketones is 2. The van der Waals surface area contributed by atoms with Crippen molar-refractivity contribution in [2.45, 2.75) is 0 Å². The summed E-state index contributed by atoms with van der Waals surface area (Å²) in [5, 5.41) is 0.880. The minimum atomic E-state index is -0.383. The van der Waals surface area contributed by atoms with Crippen LogP contribution in [0.1, 0.15) is 20.7 Å². The minimum Gasteiger partial charge on any atom is -0.383 e. The van der Waals surface area contributed by atoms with Gasteiger partial charge in [0.2, 0.25) is 0 Å². The molecule has 118 valence electrons. The molecule has 0 bridgehead atoms. The zero-order valence-electron chi connectivity index (χ0n) is 12.7. The molecule has 0 spiro atoms. The highest BCUT2D eigenvalue weighted by molar-refractivity contribution is 6.34. The van der Waals surface area contributed by atoms with Gasteiger partial charge in [-0.05, 0) is 24.3 Å². The quantitative estimate of drug-likeness (QED) is 0.345. The van der Waals surface area contributed by atoms with Crippen molar-refractivity contribution in [3.8, 4) is 0 Å². The van der Waals surface area contributed by atoms with Crippen LogP contribution in [-0.4, -0.2) is 30.6 Å². The molecule has 0 aromatic heterocycles. The molecule has 0 aliphatic heterocycles. The highest BCUT2D eigenvalue weighted by Crippen LogP contribution is 2.19. The van der Waals surface area contributed by atoms with Gasteiger partial charge in [-0.1, -0.05) is 47.5 Å². The first-order chi connectivity index (χ1) is 10.9. The number of benzene rings is 2. The van der Waals surface area contributed by atoms with E-state index in [1.54, 1.807) is 67.5 Å². The van der Waals surface area contributed by atoms with E-state index >= 15 is 0 Å². The normalized spacial score (nSPS) is 10.1. The van der Waals surface area contributed by atoms with Crippen LogP contribution in [0.4, 0.5) is 0 Å². The van der Waals surface area contributed by atoms with Crippen LogP contribution in [0.2, 0.25) is 10.0 Å². The van der Waals surface area contributed by atoms with Crippen LogP contribution < -0.4 is 0 Å². The lowest BCUT2D eigenvalue weighted by molar-refractivity contribution is 0.0960. The van der Waals surface area contributed by atoms with Gasteiger partial charge in [0.05, 0.1) is 5.57 Å². The fraction of sp³-hybridized carbons (Fsp3) is 0.111. The van der Waals surface area contributed by atoms with E-state index in [2.05, 4.69) is 0 Å². The van der Waals surface area contributed by atoms with Gasteiger partial charge in [0.1, 0.15) is 0 Å². The fourth-order valence-electron chi connectivity index (χ4n) is 2.05. The molecule has 0 atom stereocenters. The van der Waals surface area contributed by atoms with E-state index in [1.165, 1.54) is 6.20 Å². The van der Waals surface area contributed by atoms with Crippen molar-refractivity contribution in [2.75, 3.05) is 14.1 Å². The Morgan fingerprint density at radius 1 is 0.870 bits per heavy atom. The van der Waals surface area contributed by atoms with Gasteiger partial charge in [-0.3, -0.25) is 9.59 Å². The van der Waals surface area contributed by atoms with Gasteiger partial charge >= 0.3 is 0 Å². The molecule has 0 N–H and O–H groups in total. The summed E-state index contributed by atoms with van der Waals surface area (Å²) >= 11 is 11.9. The van der Waals surface area contributed by atoms with Crippen LogP contribution in [-0.2, 0) is 0 Å². The Hall–Kier alpha value is -2.10. The van der Waals surface area contributed by atoms with Gasteiger partial charge in [-0.2, -0.15) is 0 Å². The maximum absolute atomic E-state index is 12.7. The maximum Gasteiger partial charge on any atom is 0.198 e. The number of halogens is 2. The summed E-state index contributed by atoms with van der Waals surface area (Å²) in [6.45, 7) is 0. The molecule has 0 aliphatic carbocycles. The van der Waals surface area contributed by atoms with Crippen molar-refractivity contribution < 1.29 is 9.59 Å². The van der Waals surface area contributed by atoms with Gasteiger partial charge in [-0.15, -0.1) is 0 Å². The highest BCUT2D eigenvalue weighted by atomic mass is 35.5. The van der Waals surface area contributed by atoms with Gasteiger partial charge in [-0.25, -0.2) is 0 Å². The standard InChI is InChI=1S/C18H15Cl2NO2/c1-21(2)11-16(17(22)12-5-3-7-14(19)9-12)18(23)13-6-4-8-15(20)10-13/h3-11H,1-2H3. The molecule has 2 rings (SSSR count). The summed E-state index contributed by atoms with van der Waals surface area (Å²) in [5.74, 6) is -0.766. The smallest absolute Gasteiger partial charge is 0.198 e. The predicted octanol–water partition coefficient (Wildman–Crippen LogP) is 4.50. The molecule has 5 heteroatoms. The van der Waals surface area contributed by atoms with Crippen LogP contribution in [0.25, 0.3) is 0 Å². The van der Waals surface area contributed by atoms with Crippen molar-refractivity contribution in [3.63, 3.8) is 0 Å². The lowest BCUT2D eigenvalue weighted by atomic mass is 9.96. The van der Waals surface area contributed by atoms with Crippen LogP contribution >= 0.6 is 23.2 Å². The predicted molar refractivity (Wildman–Crippen MR) is 93.3 cm³/mol. The van der Waals surface area contributed by atoms with Crippen molar-refractivity contribution >= 4 is 34.8 Å². The Bertz CT molecular complexity index is 723. The van der Waals surface area contributed by atoms with Crippen LogP contribution in [0.15, 0.2) is 60.3 Å². The van der Waals surface area contributed by atoms with E-state index in [0.717, 1.165) is 0 Å². The third-order valence-electron chi connectivity index (χ3n) is 3.05. The lowest BCUT2D eigenvalue weighted by Crippen LogP contribution is -2.17. The highest BCUT2D eigenvalue weighted by Gasteiger charge is 2.22. The Morgan fingerprint density at radius 2 is 1.30 bits per heavy atom. The topological polar surface area (TPSA) is 37.4 Å². The third kappa shape index (κ3) is 4.44. The molecular weight excluding hydrogens is 333 g/mol. The summed E-state index contributed by atoms with van der Waals surface area (Å²) in [6, 6.07) is 13.0. The minimum absolute atomic E-state index is 0.0551. The van der Waals surface area contributed by atoms with E-state index in [1.807, 2.05) is 0 Å². The summed E-state index contributed by atoms with van der Waals surface area (Å²) < 4.78 is 0. The molecule has 0 aliphatic rings. The van der Waals surface area contributed by atoms with Crippen LogP contribution in [0.5, 0.6) is 0 Å². The molecular formula is C18H15Cl2NO2. The van der Waals surface area contributed by atoms with Gasteiger partial charge in [0.15, 0.2) is 11.6 Å². The lowest BCUT2D eigenvalue weighted by Gasteiger charge is -2.11. The molecule has 0 saturated heterocycles. The zero-order valence-corrected chi connectivity index (χ0v) is 14.2. The second-order valence-electron chi connectivity index (χ2n) is 5.19. The second kappa shape index (κ2) is 7.44. The second-order valence-corrected chi connectivity index (χ2v) is 6.06. The third-order valence-corrected chi connectivity index (χ3v) is 3.52. The van der Waals surface area contributed by atoms with Gasteiger partial charge in [0, 0.05) is 41.5 Å². The summed E-state index contributed by atoms with van der Waals surface area (Å²) in [6.07, 6.45) is 1.51. The SMILES string of the molecule is CN(C)C=C(C(=O)c1cccc(Cl)c1)C(=O)c1cccc(Cl)c1. The molecule has 2 aromatic rings. The van der Waals surface area contributed by atoms with E-state index < -0.39 is 0 Å². The number of hydrogen-bond donors (Lipinski definition) is 0. The number of Topliss-reactive ketones (excluding diaryl/α,β-unsaturated/α-hetero) is 2. The van der Waals surface area contributed by atoms with Crippen LogP contribution in [0, 0.1) is 0 Å². The average molecular weight is 348 g/mol. The first-order valence-corrected chi connectivity index (χ1v) is 7.63. The van der Waals surface area contributed by atoms with E-state index in [0.29, 0.717) is 21.2 Å². The van der Waals surface area contributed by atoms with Gasteiger partial charge in [0.25, 0.3) is 0 Å². The number of hydrogen-bond acceptors (Lipinski definition) is 3. The maximum atomic E-state index is 12.7. The zero-order chi connectivity index (χ0) is 17.0. The Kier molecular flexibility index (Phi) is 5.59. The van der Waals surface area contributed by atoms with Crippen molar-refractivity contribution in [2.24, 2.45) is 0 Å². The molecule has 23 heavy (non-hydrogen) atoms. The first kappa shape index (κ1) is 17.3. The summed E-state index contributed by atoms with van der Waals surface area (Å²) in [4.78, 5) is 27.1. The Labute approximate surface area is 145 Å². The largest absolute Gasteiger partial charge is 0.383 e. The number of carbonyl (C=O) groups excluding carboxylic acids is 2.